The van der Waals surface area contributed by atoms with Gasteiger partial charge in [-0.3, -0.25) is 0 Å². The van der Waals surface area contributed by atoms with Crippen LogP contribution in [0.1, 0.15) is 118 Å². The molecule has 3 heteroatoms. The molecule has 3 nitrogen and oxygen atoms in total. The van der Waals surface area contributed by atoms with Crippen LogP contribution in [0.4, 0.5) is 0 Å². The van der Waals surface area contributed by atoms with Gasteiger partial charge in [-0.1, -0.05) is 208 Å². The quantitative estimate of drug-likeness (QED) is 0.0772. The van der Waals surface area contributed by atoms with Gasteiger partial charge in [0, 0.05) is 50.3 Å². The van der Waals surface area contributed by atoms with Gasteiger partial charge in [0.15, 0.2) is 0 Å². The summed E-state index contributed by atoms with van der Waals surface area (Å²) in [7, 11) is 0. The Morgan fingerprint density at radius 2 is 0.839 bits per heavy atom. The summed E-state index contributed by atoms with van der Waals surface area (Å²) in [6.07, 6.45) is 0.317. The van der Waals surface area contributed by atoms with Crippen molar-refractivity contribution in [2.75, 3.05) is 0 Å². The second-order valence-corrected chi connectivity index (χ2v) is 17.4. The van der Waals surface area contributed by atoms with Gasteiger partial charge >= 0.3 is 5.97 Å². The third kappa shape index (κ3) is 7.73. The minimum atomic E-state index is -0.566. The number of hydrogen-bond acceptors (Lipinski definition) is 3. The molecule has 0 bridgehead atoms. The second kappa shape index (κ2) is 15.5. The van der Waals surface area contributed by atoms with Crippen molar-refractivity contribution < 1.29 is 14.6 Å². The Hall–Kier alpha value is -5.67. The van der Waals surface area contributed by atoms with Crippen LogP contribution in [0.3, 0.4) is 0 Å². The van der Waals surface area contributed by atoms with Gasteiger partial charge in [0.25, 0.3) is 0 Å². The van der Waals surface area contributed by atoms with Crippen molar-refractivity contribution >= 4 is 5.97 Å². The molecule has 0 aromatic heterocycles. The lowest BCUT2D eigenvalue weighted by Crippen LogP contribution is -2.26. The van der Waals surface area contributed by atoms with Crippen molar-refractivity contribution in [2.24, 2.45) is 0 Å². The molecular formula is C53H56O3. The molecule has 0 spiro atoms. The maximum Gasteiger partial charge on any atom is 0.338 e. The van der Waals surface area contributed by atoms with E-state index in [0.29, 0.717) is 17.7 Å². The van der Waals surface area contributed by atoms with E-state index in [9.17, 15) is 9.90 Å². The first-order chi connectivity index (χ1) is 26.5. The average Bonchev–Trinajstić information content (AvgIpc) is 3.20. The van der Waals surface area contributed by atoms with Gasteiger partial charge in [-0.15, -0.1) is 0 Å². The summed E-state index contributed by atoms with van der Waals surface area (Å²) in [6.45, 7) is 23.3. The van der Waals surface area contributed by atoms with Crippen molar-refractivity contribution in [2.45, 2.75) is 90.4 Å². The summed E-state index contributed by atoms with van der Waals surface area (Å²) in [4.78, 5) is 13.6. The summed E-state index contributed by atoms with van der Waals surface area (Å²) in [5.41, 5.74) is 8.42. The summed E-state index contributed by atoms with van der Waals surface area (Å²) in [6, 6.07) is 50.4. The Kier molecular flexibility index (Phi) is 11.0. The molecule has 0 aliphatic heterocycles. The lowest BCUT2D eigenvalue weighted by molar-refractivity contribution is -0.130. The summed E-state index contributed by atoms with van der Waals surface area (Å²) in [5.74, 6) is 0.246. The highest BCUT2D eigenvalue weighted by Gasteiger charge is 2.36. The molecule has 0 saturated heterocycles. The van der Waals surface area contributed by atoms with Crippen LogP contribution in [-0.4, -0.2) is 11.1 Å². The molecule has 6 rings (SSSR count). The minimum absolute atomic E-state index is 0.236. The number of ether oxygens (including phenoxy) is 1. The van der Waals surface area contributed by atoms with Gasteiger partial charge in [-0.05, 0) is 45.9 Å². The Bertz CT molecular complexity index is 2330. The van der Waals surface area contributed by atoms with E-state index in [1.165, 1.54) is 11.1 Å². The zero-order chi connectivity index (χ0) is 40.5. The number of hydrogen-bond donors (Lipinski definition) is 1. The average molecular weight is 741 g/mol. The molecule has 0 aliphatic carbocycles. The Morgan fingerprint density at radius 1 is 0.500 bits per heavy atom. The molecule has 0 saturated carbocycles. The second-order valence-electron chi connectivity index (χ2n) is 17.4. The first kappa shape index (κ1) is 40.0. The zero-order valence-corrected chi connectivity index (χ0v) is 34.5. The van der Waals surface area contributed by atoms with Crippen molar-refractivity contribution in [1.82, 2.24) is 0 Å². The molecule has 56 heavy (non-hydrogen) atoms. The number of rotatable bonds is 12. The molecule has 0 heterocycles. The van der Waals surface area contributed by atoms with Crippen LogP contribution in [0.25, 0.3) is 0 Å². The number of carbonyl (C=O) groups is 1. The fourth-order valence-corrected chi connectivity index (χ4v) is 7.88. The van der Waals surface area contributed by atoms with Crippen molar-refractivity contribution in [3.05, 3.63) is 213 Å². The van der Waals surface area contributed by atoms with Crippen LogP contribution in [0.5, 0.6) is 11.5 Å². The maximum atomic E-state index is 13.6. The summed E-state index contributed by atoms with van der Waals surface area (Å²) < 4.78 is 6.44. The smallest absolute Gasteiger partial charge is 0.338 e. The van der Waals surface area contributed by atoms with E-state index in [-0.39, 0.29) is 5.75 Å². The monoisotopic (exact) mass is 740 g/mol. The van der Waals surface area contributed by atoms with Crippen molar-refractivity contribution in [1.29, 1.82) is 0 Å². The number of phenolic OH excluding ortho intramolecular Hbond substituents is 1. The first-order valence-corrected chi connectivity index (χ1v) is 19.6. The van der Waals surface area contributed by atoms with Gasteiger partial charge in [-0.25, -0.2) is 4.79 Å². The van der Waals surface area contributed by atoms with Gasteiger partial charge < -0.3 is 9.84 Å². The number of carbonyl (C=O) groups excluding carboxylic acids is 1. The van der Waals surface area contributed by atoms with Crippen LogP contribution in [0.2, 0.25) is 0 Å². The van der Waals surface area contributed by atoms with Crippen LogP contribution in [0.15, 0.2) is 158 Å². The highest BCUT2D eigenvalue weighted by molar-refractivity contribution is 5.89. The van der Waals surface area contributed by atoms with E-state index in [1.54, 1.807) is 6.92 Å². The zero-order valence-electron chi connectivity index (χ0n) is 34.5. The fourth-order valence-electron chi connectivity index (χ4n) is 7.88. The Morgan fingerprint density at radius 3 is 1.23 bits per heavy atom. The highest BCUT2D eigenvalue weighted by Crippen LogP contribution is 2.47. The van der Waals surface area contributed by atoms with Gasteiger partial charge in [0.2, 0.25) is 0 Å². The predicted octanol–water partition coefficient (Wildman–Crippen LogP) is 12.8. The van der Waals surface area contributed by atoms with E-state index in [2.05, 4.69) is 159 Å². The molecular weight excluding hydrogens is 685 g/mol. The van der Waals surface area contributed by atoms with Crippen LogP contribution in [-0.2, 0) is 32.9 Å². The molecule has 286 valence electrons. The number of esters is 1. The van der Waals surface area contributed by atoms with E-state index in [4.69, 9.17) is 4.74 Å². The van der Waals surface area contributed by atoms with Crippen LogP contribution in [0, 0.1) is 0 Å². The third-order valence-corrected chi connectivity index (χ3v) is 12.1. The fraction of sp³-hybridized carbons (Fsp3) is 0.264. The Labute approximate surface area is 334 Å². The molecule has 0 aliphatic rings. The molecule has 1 N–H and O–H groups in total. The topological polar surface area (TPSA) is 46.5 Å². The molecule has 6 aromatic carbocycles. The van der Waals surface area contributed by atoms with Crippen molar-refractivity contribution in [3.63, 3.8) is 0 Å². The molecule has 6 aromatic rings. The van der Waals surface area contributed by atoms with Gasteiger partial charge in [-0.2, -0.15) is 0 Å². The normalized spacial score (nSPS) is 12.3. The SMILES string of the molecule is C=C(C)C(=O)Oc1c(Cc2cc(C(C)(C)c3ccccc3)cc(C(C)(C)c3ccccc3)c2O)cc(C(C)(C)c2ccccc2)cc1C(C)(C)c1ccccc1. The summed E-state index contributed by atoms with van der Waals surface area (Å²) >= 11 is 0. The van der Waals surface area contributed by atoms with Gasteiger partial charge in [0.1, 0.15) is 11.5 Å². The van der Waals surface area contributed by atoms with Crippen molar-refractivity contribution in [3.8, 4) is 11.5 Å². The highest BCUT2D eigenvalue weighted by atomic mass is 16.5. The molecule has 0 radical (unpaired) electrons. The number of benzene rings is 6. The lowest BCUT2D eigenvalue weighted by atomic mass is 9.70. The van der Waals surface area contributed by atoms with Gasteiger partial charge in [0.05, 0.1) is 0 Å². The van der Waals surface area contributed by atoms with E-state index < -0.39 is 27.6 Å². The standard InChI is InChI=1S/C53H56O3/c1-36(2)49(55)56-48-38(33-44(51(5,6)40-25-17-12-18-26-40)35-46(48)53(9,10)42-29-21-14-22-30-42)31-37-32-43(50(3,4)39-23-15-11-16-24-39)34-45(47(37)54)52(7,8)41-27-19-13-20-28-41/h11-30,32-35,54H,1,31H2,2-10H3. The van der Waals surface area contributed by atoms with E-state index in [1.807, 2.05) is 48.5 Å². The summed E-state index contributed by atoms with van der Waals surface area (Å²) in [5, 5.41) is 12.6. The van der Waals surface area contributed by atoms with E-state index in [0.717, 1.165) is 44.5 Å². The maximum absolute atomic E-state index is 13.6. The molecule has 0 atom stereocenters. The molecule has 0 fully saturated rings. The lowest BCUT2D eigenvalue weighted by Gasteiger charge is -2.34. The number of phenols is 1. The third-order valence-electron chi connectivity index (χ3n) is 12.1. The molecule has 0 unspecified atom stereocenters. The van der Waals surface area contributed by atoms with Crippen LogP contribution >= 0.6 is 0 Å². The van der Waals surface area contributed by atoms with Crippen LogP contribution < -0.4 is 4.74 Å². The first-order valence-electron chi connectivity index (χ1n) is 19.6. The largest absolute Gasteiger partial charge is 0.507 e. The van der Waals surface area contributed by atoms with E-state index >= 15 is 0 Å². The number of aromatic hydroxyl groups is 1. The molecule has 0 amide bonds. The Balaban J connectivity index is 1.67. The minimum Gasteiger partial charge on any atom is -0.507 e. The predicted molar refractivity (Wildman–Crippen MR) is 232 cm³/mol.